The van der Waals surface area contributed by atoms with Crippen molar-refractivity contribution in [3.05, 3.63) is 47.6 Å². The largest absolute Gasteiger partial charge is 0.444 e. The molecule has 0 spiro atoms. The monoisotopic (exact) mass is 534 g/mol. The van der Waals surface area contributed by atoms with Gasteiger partial charge in [0, 0.05) is 30.1 Å². The molecule has 1 aliphatic carbocycles. The Labute approximate surface area is 210 Å². The van der Waals surface area contributed by atoms with Crippen molar-refractivity contribution in [1.29, 1.82) is 0 Å². The average molecular weight is 535 g/mol. The van der Waals surface area contributed by atoms with E-state index in [1.54, 1.807) is 17.0 Å². The van der Waals surface area contributed by atoms with E-state index >= 15 is 0 Å². The molecule has 9 heteroatoms. The molecule has 0 radical (unpaired) electrons. The Bertz CT molecular complexity index is 947. The molecule has 2 aliphatic rings. The Morgan fingerprint density at radius 2 is 2.06 bits per heavy atom. The number of carbonyl (C=O) groups excluding carboxylic acids is 2. The Kier molecular flexibility index (Phi) is 8.21. The van der Waals surface area contributed by atoms with Gasteiger partial charge < -0.3 is 19.7 Å². The van der Waals surface area contributed by atoms with Crippen molar-refractivity contribution in [3.8, 4) is 0 Å². The van der Waals surface area contributed by atoms with Gasteiger partial charge in [-0.2, -0.15) is 0 Å². The van der Waals surface area contributed by atoms with Gasteiger partial charge in [-0.1, -0.05) is 18.2 Å². The summed E-state index contributed by atoms with van der Waals surface area (Å²) in [5.41, 5.74) is -0.0396. The first-order chi connectivity index (χ1) is 16.0. The maximum Gasteiger partial charge on any atom is 0.411 e. The van der Waals surface area contributed by atoms with Crippen LogP contribution in [0.3, 0.4) is 0 Å². The van der Waals surface area contributed by atoms with Crippen molar-refractivity contribution >= 4 is 33.7 Å². The van der Waals surface area contributed by atoms with Crippen LogP contribution in [0.2, 0.25) is 0 Å². The second-order valence-electron chi connectivity index (χ2n) is 10.1. The molecule has 2 fully saturated rings. The van der Waals surface area contributed by atoms with Crippen LogP contribution in [0.5, 0.6) is 0 Å². The zero-order chi connectivity index (χ0) is 25.1. The number of rotatable bonds is 10. The number of hydrogen-bond acceptors (Lipinski definition) is 6. The minimum absolute atomic E-state index is 0.0313. The molecule has 1 N–H and O–H groups in total. The molecule has 1 saturated carbocycles. The fourth-order valence-corrected chi connectivity index (χ4v) is 4.94. The molecule has 3 rings (SSSR count). The molecule has 2 amide bonds. The van der Waals surface area contributed by atoms with E-state index in [4.69, 9.17) is 9.47 Å². The maximum absolute atomic E-state index is 13.5. The van der Waals surface area contributed by atoms with Gasteiger partial charge >= 0.3 is 6.09 Å². The number of likely N-dealkylation sites (N-methyl/N-ethyl adjacent to an activating group) is 1. The van der Waals surface area contributed by atoms with Crippen LogP contribution in [0.1, 0.15) is 39.2 Å². The van der Waals surface area contributed by atoms with Gasteiger partial charge in [0.15, 0.2) is 0 Å². The van der Waals surface area contributed by atoms with Crippen molar-refractivity contribution < 1.29 is 19.1 Å². The fraction of sp³-hybridized carbons (Fsp3) is 0.560. The number of nitrogens with one attached hydrogen (secondary N) is 1. The third-order valence-electron chi connectivity index (χ3n) is 6.03. The normalized spacial score (nSPS) is 23.4. The number of nitrogens with zero attached hydrogens (tertiary/aromatic N) is 3. The van der Waals surface area contributed by atoms with Crippen LogP contribution in [0.15, 0.2) is 42.0 Å². The van der Waals surface area contributed by atoms with Crippen LogP contribution in [0.25, 0.3) is 0 Å². The van der Waals surface area contributed by atoms with E-state index in [1.165, 1.54) is 0 Å². The Balaban J connectivity index is 1.82. The lowest BCUT2D eigenvalue weighted by Gasteiger charge is -2.30. The number of likely N-dealkylation sites (tertiary alicyclic amines) is 1. The first-order valence-electron chi connectivity index (χ1n) is 11.5. The molecule has 8 nitrogen and oxygen atoms in total. The molecule has 1 aliphatic heterocycles. The third-order valence-corrected chi connectivity index (χ3v) is 6.47. The number of pyridine rings is 1. The quantitative estimate of drug-likeness (QED) is 0.272. The van der Waals surface area contributed by atoms with Gasteiger partial charge in [-0.15, -0.1) is 13.2 Å². The van der Waals surface area contributed by atoms with Gasteiger partial charge in [-0.25, -0.2) is 9.78 Å². The van der Waals surface area contributed by atoms with Crippen LogP contribution in [0.4, 0.5) is 10.6 Å². The summed E-state index contributed by atoms with van der Waals surface area (Å²) < 4.78 is 11.8. The van der Waals surface area contributed by atoms with Gasteiger partial charge in [0.25, 0.3) is 0 Å². The van der Waals surface area contributed by atoms with Crippen molar-refractivity contribution in [3.63, 3.8) is 0 Å². The van der Waals surface area contributed by atoms with E-state index in [0.717, 1.165) is 25.1 Å². The molecule has 1 aromatic rings. The predicted molar refractivity (Wildman–Crippen MR) is 135 cm³/mol. The number of fused-ring (bicyclic) bond motifs is 1. The predicted octanol–water partition coefficient (Wildman–Crippen LogP) is 4.37. The summed E-state index contributed by atoms with van der Waals surface area (Å²) in [6.07, 6.45) is 4.48. The average Bonchev–Trinajstić information content (AvgIpc) is 3.30. The molecule has 1 aromatic heterocycles. The number of carbonyl (C=O) groups is 2. The third kappa shape index (κ3) is 6.25. The van der Waals surface area contributed by atoms with Crippen molar-refractivity contribution in [1.82, 2.24) is 14.8 Å². The van der Waals surface area contributed by atoms with E-state index in [9.17, 15) is 9.59 Å². The molecule has 34 heavy (non-hydrogen) atoms. The summed E-state index contributed by atoms with van der Waals surface area (Å²) >= 11 is 3.37. The molecular formula is C25H35BrN4O4. The Morgan fingerprint density at radius 1 is 1.32 bits per heavy atom. The first-order valence-corrected chi connectivity index (χ1v) is 12.2. The minimum atomic E-state index is -0.653. The molecule has 0 bridgehead atoms. The van der Waals surface area contributed by atoms with Crippen LogP contribution in [-0.2, 0) is 20.9 Å². The smallest absolute Gasteiger partial charge is 0.411 e. The molecule has 0 aromatic carbocycles. The highest BCUT2D eigenvalue weighted by Gasteiger charge is 2.68. The lowest BCUT2D eigenvalue weighted by Crippen LogP contribution is -2.47. The van der Waals surface area contributed by atoms with Crippen LogP contribution < -0.4 is 5.32 Å². The highest BCUT2D eigenvalue weighted by Crippen LogP contribution is 2.60. The van der Waals surface area contributed by atoms with Crippen LogP contribution in [-0.4, -0.2) is 71.2 Å². The number of amides is 2. The summed E-state index contributed by atoms with van der Waals surface area (Å²) in [6, 6.07) is 2.97. The Hall–Kier alpha value is -2.23. The van der Waals surface area contributed by atoms with Gasteiger partial charge in [-0.05, 0) is 62.7 Å². The molecule has 2 heterocycles. The molecular weight excluding hydrogens is 500 g/mol. The van der Waals surface area contributed by atoms with Gasteiger partial charge in [-0.3, -0.25) is 9.69 Å². The molecule has 1 saturated heterocycles. The summed E-state index contributed by atoms with van der Waals surface area (Å²) in [4.78, 5) is 34.9. The maximum atomic E-state index is 13.5. The van der Waals surface area contributed by atoms with E-state index in [0.29, 0.717) is 23.4 Å². The Morgan fingerprint density at radius 3 is 2.71 bits per heavy atom. The summed E-state index contributed by atoms with van der Waals surface area (Å²) in [7, 11) is 2.03. The lowest BCUT2D eigenvalue weighted by atomic mass is 9.98. The number of halogens is 1. The van der Waals surface area contributed by atoms with Crippen molar-refractivity contribution in [2.24, 2.45) is 5.41 Å². The highest BCUT2D eigenvalue weighted by atomic mass is 79.9. The van der Waals surface area contributed by atoms with E-state index in [2.05, 4.69) is 44.3 Å². The molecule has 186 valence electrons. The summed E-state index contributed by atoms with van der Waals surface area (Å²) in [5, 5.41) is 2.94. The SMILES string of the molecule is C=CCOCc1ccc(Br)nc1NC(=O)[C@@H]1C[C@@]2(CN(C)CC=C)CC2N1C(=O)OC(C)(C)C. The number of piperidine rings is 1. The van der Waals surface area contributed by atoms with Crippen LogP contribution >= 0.6 is 15.9 Å². The van der Waals surface area contributed by atoms with Gasteiger partial charge in [0.1, 0.15) is 22.1 Å². The van der Waals surface area contributed by atoms with Gasteiger partial charge in [0.05, 0.1) is 13.2 Å². The van der Waals surface area contributed by atoms with E-state index in [1.807, 2.05) is 40.0 Å². The number of hydrogen-bond donors (Lipinski definition) is 1. The zero-order valence-electron chi connectivity index (χ0n) is 20.5. The lowest BCUT2D eigenvalue weighted by molar-refractivity contribution is -0.121. The second-order valence-corrected chi connectivity index (χ2v) is 10.9. The summed E-state index contributed by atoms with van der Waals surface area (Å²) in [6.45, 7) is 15.1. The standard InChI is InChI=1S/C25H35BrN4O4/c1-7-11-29(6)16-25-13-18(30(19(25)14-25)23(32)34-24(3,4)5)22(31)28-21-17(15-33-12-8-2)9-10-20(26)27-21/h7-10,18-19H,1-2,11-16H2,3-6H3,(H,27,28,31)/t18-,19?,25-/m0/s1. The first kappa shape index (κ1) is 26.4. The van der Waals surface area contributed by atoms with Crippen LogP contribution in [0, 0.1) is 5.41 Å². The van der Waals surface area contributed by atoms with Crippen molar-refractivity contribution in [2.75, 3.05) is 32.1 Å². The second kappa shape index (κ2) is 10.6. The number of ether oxygens (including phenoxy) is 2. The minimum Gasteiger partial charge on any atom is -0.444 e. The van der Waals surface area contributed by atoms with E-state index < -0.39 is 17.7 Å². The molecule has 1 unspecified atom stereocenters. The van der Waals surface area contributed by atoms with Gasteiger partial charge in [0.2, 0.25) is 5.91 Å². The fourth-order valence-electron chi connectivity index (χ4n) is 4.63. The number of anilines is 1. The number of aromatic nitrogens is 1. The molecule has 3 atom stereocenters. The topological polar surface area (TPSA) is 84.0 Å². The van der Waals surface area contributed by atoms with Crippen molar-refractivity contribution in [2.45, 2.75) is 57.9 Å². The summed E-state index contributed by atoms with van der Waals surface area (Å²) in [5.74, 6) is 0.130. The van der Waals surface area contributed by atoms with E-state index in [-0.39, 0.29) is 24.0 Å². The zero-order valence-corrected chi connectivity index (χ0v) is 22.1. The highest BCUT2D eigenvalue weighted by molar-refractivity contribution is 9.10.